The second-order valence-corrected chi connectivity index (χ2v) is 7.13. The van der Waals surface area contributed by atoms with E-state index < -0.39 is 21.4 Å². The fourth-order valence-electron chi connectivity index (χ4n) is 2.31. The Morgan fingerprint density at radius 2 is 2.12 bits per heavy atom. The first-order chi connectivity index (χ1) is 12.1. The molecule has 1 aliphatic rings. The number of anilines is 1. The van der Waals surface area contributed by atoms with Crippen molar-refractivity contribution in [1.82, 2.24) is 9.97 Å². The molecule has 1 saturated heterocycles. The number of hydrogen-bond donors (Lipinski definition) is 0. The van der Waals surface area contributed by atoms with E-state index in [1.807, 2.05) is 0 Å². The minimum atomic E-state index is -5.87. The van der Waals surface area contributed by atoms with Gasteiger partial charge in [-0.3, -0.25) is 0 Å². The van der Waals surface area contributed by atoms with Crippen LogP contribution in [0.4, 0.5) is 19.0 Å². The number of alkyl halides is 3. The van der Waals surface area contributed by atoms with Crippen LogP contribution >= 0.6 is 11.6 Å². The molecule has 0 N–H and O–H groups in total. The van der Waals surface area contributed by atoms with E-state index in [0.717, 1.165) is 6.07 Å². The van der Waals surface area contributed by atoms with Crippen LogP contribution in [0.2, 0.25) is 5.15 Å². The van der Waals surface area contributed by atoms with Crippen LogP contribution < -0.4 is 9.08 Å². The first-order valence-corrected chi connectivity index (χ1v) is 8.88. The van der Waals surface area contributed by atoms with Gasteiger partial charge in [0.25, 0.3) is 0 Å². The molecule has 1 fully saturated rings. The van der Waals surface area contributed by atoms with Crippen molar-refractivity contribution in [3.8, 4) is 5.75 Å². The Bertz CT molecular complexity index is 981. The van der Waals surface area contributed by atoms with Gasteiger partial charge in [0.15, 0.2) is 10.9 Å². The Labute approximate surface area is 151 Å². The average molecular weight is 410 g/mol. The summed E-state index contributed by atoms with van der Waals surface area (Å²) in [5.74, 6) is -0.445. The summed E-state index contributed by atoms with van der Waals surface area (Å²) in [6, 6.07) is 2.34. The van der Waals surface area contributed by atoms with Crippen LogP contribution in [0.25, 0.3) is 10.9 Å². The third kappa shape index (κ3) is 3.41. The molecule has 7 nitrogen and oxygen atoms in total. The molecule has 0 radical (unpaired) electrons. The zero-order valence-electron chi connectivity index (χ0n) is 13.0. The summed E-state index contributed by atoms with van der Waals surface area (Å²) in [5.41, 5.74) is -5.09. The third-order valence-electron chi connectivity index (χ3n) is 3.50. The van der Waals surface area contributed by atoms with Gasteiger partial charge >= 0.3 is 15.6 Å². The second kappa shape index (κ2) is 6.56. The zero-order chi connectivity index (χ0) is 19.1. The Morgan fingerprint density at radius 1 is 1.38 bits per heavy atom. The molecule has 140 valence electrons. The van der Waals surface area contributed by atoms with E-state index in [1.54, 1.807) is 4.90 Å². The van der Waals surface area contributed by atoms with Crippen LogP contribution in [-0.4, -0.2) is 43.7 Å². The lowest BCUT2D eigenvalue weighted by molar-refractivity contribution is -0.0499. The third-order valence-corrected chi connectivity index (χ3v) is 4.74. The number of halogens is 4. The van der Waals surface area contributed by atoms with Gasteiger partial charge in [0.05, 0.1) is 13.2 Å². The summed E-state index contributed by atoms with van der Waals surface area (Å²) >= 11 is 5.97. The average Bonchev–Trinajstić information content (AvgIpc) is 2.54. The molecule has 0 aromatic carbocycles. The first kappa shape index (κ1) is 18.7. The van der Waals surface area contributed by atoms with Crippen LogP contribution in [0.1, 0.15) is 0 Å². The number of fused-ring (bicyclic) bond motifs is 1. The molecule has 2 aromatic rings. The highest BCUT2D eigenvalue weighted by molar-refractivity contribution is 7.88. The van der Waals surface area contributed by atoms with Crippen molar-refractivity contribution in [3.05, 3.63) is 35.8 Å². The van der Waals surface area contributed by atoms with Gasteiger partial charge in [0, 0.05) is 29.9 Å². The number of pyridine rings is 2. The molecule has 0 atom stereocenters. The number of morpholine rings is 1. The molecule has 0 unspecified atom stereocenters. The van der Waals surface area contributed by atoms with E-state index >= 15 is 0 Å². The van der Waals surface area contributed by atoms with Crippen LogP contribution in [0.5, 0.6) is 5.75 Å². The van der Waals surface area contributed by atoms with Gasteiger partial charge in [-0.25, -0.2) is 9.97 Å². The number of aromatic nitrogens is 2. The minimum absolute atomic E-state index is 0.00154. The topological polar surface area (TPSA) is 81.6 Å². The van der Waals surface area contributed by atoms with Gasteiger partial charge in [0.2, 0.25) is 0 Å². The quantitative estimate of drug-likeness (QED) is 0.438. The highest BCUT2D eigenvalue weighted by atomic mass is 35.5. The summed E-state index contributed by atoms with van der Waals surface area (Å²) in [6.45, 7) is 4.63. The van der Waals surface area contributed by atoms with Gasteiger partial charge in [-0.05, 0) is 6.07 Å². The number of rotatable bonds is 3. The lowest BCUT2D eigenvalue weighted by Crippen LogP contribution is -2.34. The number of ether oxygens (including phenoxy) is 1. The Hall–Kier alpha value is -2.11. The summed E-state index contributed by atoms with van der Waals surface area (Å²) in [6.07, 6.45) is 1.20. The van der Waals surface area contributed by atoms with Crippen molar-refractivity contribution >= 4 is 38.4 Å². The summed E-state index contributed by atoms with van der Waals surface area (Å²) in [7, 11) is -5.87. The van der Waals surface area contributed by atoms with Crippen molar-refractivity contribution in [2.75, 3.05) is 24.7 Å². The second-order valence-electron chi connectivity index (χ2n) is 5.23. The van der Waals surface area contributed by atoms with E-state index in [-0.39, 0.29) is 28.5 Å². The zero-order valence-corrected chi connectivity index (χ0v) is 14.5. The molecule has 12 heteroatoms. The maximum Gasteiger partial charge on any atom is 0.534 e. The molecule has 0 aliphatic carbocycles. The summed E-state index contributed by atoms with van der Waals surface area (Å²) in [4.78, 5) is 9.64. The Balaban J connectivity index is 2.18. The predicted octanol–water partition coefficient (Wildman–Crippen LogP) is 2.86. The standard InChI is InChI=1S/C14H11ClF3N3O4S/c1-8-7-24-5-4-21(8)11-6-10(25-26(22,23)14(16,17)18)9-2-3-19-13(15)12(9)20-11/h2-3,6H,1,4-5,7H2. The number of hydrogen-bond acceptors (Lipinski definition) is 7. The van der Waals surface area contributed by atoms with Crippen LogP contribution in [0.15, 0.2) is 30.6 Å². The fraction of sp³-hybridized carbons (Fsp3) is 0.286. The maximum atomic E-state index is 12.7. The fourth-order valence-corrected chi connectivity index (χ4v) is 2.98. The van der Waals surface area contributed by atoms with E-state index in [2.05, 4.69) is 20.7 Å². The summed E-state index contributed by atoms with van der Waals surface area (Å²) in [5, 5.41) is -0.141. The van der Waals surface area contributed by atoms with E-state index in [1.165, 1.54) is 12.3 Å². The van der Waals surface area contributed by atoms with E-state index in [9.17, 15) is 21.6 Å². The van der Waals surface area contributed by atoms with Gasteiger partial charge in [-0.1, -0.05) is 18.2 Å². The molecule has 3 heterocycles. The van der Waals surface area contributed by atoms with E-state index in [4.69, 9.17) is 16.3 Å². The normalized spacial score (nSPS) is 16.2. The molecular weight excluding hydrogens is 399 g/mol. The van der Waals surface area contributed by atoms with Crippen molar-refractivity contribution < 1.29 is 30.5 Å². The molecule has 0 saturated carbocycles. The highest BCUT2D eigenvalue weighted by Gasteiger charge is 2.48. The molecule has 26 heavy (non-hydrogen) atoms. The van der Waals surface area contributed by atoms with Crippen molar-refractivity contribution in [2.24, 2.45) is 0 Å². The lowest BCUT2D eigenvalue weighted by Gasteiger charge is -2.30. The molecule has 2 aromatic heterocycles. The Kier molecular flexibility index (Phi) is 4.71. The molecule has 0 bridgehead atoms. The predicted molar refractivity (Wildman–Crippen MR) is 87.5 cm³/mol. The maximum absolute atomic E-state index is 12.7. The first-order valence-electron chi connectivity index (χ1n) is 7.09. The van der Waals surface area contributed by atoms with Gasteiger partial charge in [-0.2, -0.15) is 21.6 Å². The Morgan fingerprint density at radius 3 is 2.77 bits per heavy atom. The molecule has 3 rings (SSSR count). The molecular formula is C14H11ClF3N3O4S. The van der Waals surface area contributed by atoms with Crippen LogP contribution in [-0.2, 0) is 14.9 Å². The SMILES string of the molecule is C=C1COCCN1c1cc(OS(=O)(=O)C(F)(F)F)c2ccnc(Cl)c2n1. The lowest BCUT2D eigenvalue weighted by atomic mass is 10.2. The molecule has 0 spiro atoms. The van der Waals surface area contributed by atoms with Gasteiger partial charge in [0.1, 0.15) is 11.3 Å². The van der Waals surface area contributed by atoms with Gasteiger partial charge in [-0.15, -0.1) is 0 Å². The molecule has 1 aliphatic heterocycles. The highest BCUT2D eigenvalue weighted by Crippen LogP contribution is 2.36. The van der Waals surface area contributed by atoms with Gasteiger partial charge < -0.3 is 13.8 Å². The van der Waals surface area contributed by atoms with Crippen molar-refractivity contribution in [3.63, 3.8) is 0 Å². The van der Waals surface area contributed by atoms with Crippen LogP contribution in [0, 0.1) is 0 Å². The molecule has 0 amide bonds. The van der Waals surface area contributed by atoms with Crippen molar-refractivity contribution in [1.29, 1.82) is 0 Å². The smallest absolute Gasteiger partial charge is 0.375 e. The number of nitrogens with zero attached hydrogens (tertiary/aromatic N) is 3. The van der Waals surface area contributed by atoms with E-state index in [0.29, 0.717) is 18.8 Å². The summed E-state index contributed by atoms with van der Waals surface area (Å²) < 4.78 is 70.5. The van der Waals surface area contributed by atoms with Crippen molar-refractivity contribution in [2.45, 2.75) is 5.51 Å². The minimum Gasteiger partial charge on any atom is -0.375 e. The monoisotopic (exact) mass is 409 g/mol. The largest absolute Gasteiger partial charge is 0.534 e. The van der Waals surface area contributed by atoms with Crippen LogP contribution in [0.3, 0.4) is 0 Å².